The molecular weight excluding hydrogens is 226 g/mol. The summed E-state index contributed by atoms with van der Waals surface area (Å²) in [5.74, 6) is -2.64. The van der Waals surface area contributed by atoms with Gasteiger partial charge in [-0.3, -0.25) is 4.90 Å². The van der Waals surface area contributed by atoms with Gasteiger partial charge in [-0.05, 0) is 7.05 Å². The van der Waals surface area contributed by atoms with E-state index in [1.165, 1.54) is 0 Å². The third kappa shape index (κ3) is 10.6. The second-order valence-corrected chi connectivity index (χ2v) is 4.18. The van der Waals surface area contributed by atoms with E-state index in [9.17, 15) is 0 Å². The highest BCUT2D eigenvalue weighted by atomic mass is 16.7. The highest BCUT2D eigenvalue weighted by molar-refractivity contribution is 4.63. The Kier molecular flexibility index (Phi) is 8.61. The average molecular weight is 251 g/mol. The lowest BCUT2D eigenvalue weighted by molar-refractivity contribution is -0.315. The summed E-state index contributed by atoms with van der Waals surface area (Å²) >= 11 is 0. The molecule has 0 heterocycles. The number of hydrogen-bond acceptors (Lipinski definition) is 7. The lowest BCUT2D eigenvalue weighted by Gasteiger charge is -2.26. The molecular formula is C10H25N3O4. The van der Waals surface area contributed by atoms with Gasteiger partial charge in [0.15, 0.2) is 0 Å². The van der Waals surface area contributed by atoms with Gasteiger partial charge < -0.3 is 31.1 Å². The van der Waals surface area contributed by atoms with Gasteiger partial charge in [-0.25, -0.2) is 0 Å². The minimum absolute atomic E-state index is 0.00408. The number of likely N-dealkylation sites (N-methyl/N-ethyl adjacent to an activating group) is 1. The van der Waals surface area contributed by atoms with Gasteiger partial charge in [0.2, 0.25) is 0 Å². The van der Waals surface area contributed by atoms with Crippen LogP contribution in [0.5, 0.6) is 0 Å². The molecule has 0 aromatic rings. The lowest BCUT2D eigenvalue weighted by atomic mass is 10.3. The molecule has 0 atom stereocenters. The summed E-state index contributed by atoms with van der Waals surface area (Å²) in [6.07, 6.45) is -0.173. The second kappa shape index (κ2) is 8.76. The molecule has 104 valence electrons. The van der Waals surface area contributed by atoms with Crippen LogP contribution in [0.25, 0.3) is 0 Å². The molecule has 0 aromatic heterocycles. The van der Waals surface area contributed by atoms with Crippen molar-refractivity contribution in [3.63, 3.8) is 0 Å². The van der Waals surface area contributed by atoms with Crippen LogP contribution in [0.4, 0.5) is 0 Å². The highest BCUT2D eigenvalue weighted by Crippen LogP contribution is 2.02. The van der Waals surface area contributed by atoms with Crippen molar-refractivity contribution < 1.29 is 20.4 Å². The molecule has 0 bridgehead atoms. The Morgan fingerprint density at radius 1 is 1.00 bits per heavy atom. The van der Waals surface area contributed by atoms with Crippen molar-refractivity contribution in [2.45, 2.75) is 12.4 Å². The third-order valence-corrected chi connectivity index (χ3v) is 2.49. The van der Waals surface area contributed by atoms with Gasteiger partial charge in [-0.2, -0.15) is 0 Å². The predicted octanol–water partition coefficient (Wildman–Crippen LogP) is -2.81. The van der Waals surface area contributed by atoms with Crippen molar-refractivity contribution in [3.8, 4) is 0 Å². The zero-order chi connectivity index (χ0) is 13.3. The van der Waals surface area contributed by atoms with Gasteiger partial charge in [0.05, 0.1) is 6.61 Å². The number of aliphatic hydroxyl groups is 4. The Balaban J connectivity index is 3.89. The van der Waals surface area contributed by atoms with Crippen LogP contribution in [-0.4, -0.2) is 89.1 Å². The molecule has 0 aliphatic heterocycles. The molecule has 7 nitrogen and oxygen atoms in total. The standard InChI is InChI=1S/C10H25N3O4/c1-12(5-3-11)6-7-13(8-9-14)4-2-10(15,16)17/h14-17H,2-9,11H2,1H3. The van der Waals surface area contributed by atoms with Gasteiger partial charge in [-0.1, -0.05) is 0 Å². The zero-order valence-corrected chi connectivity index (χ0v) is 10.4. The van der Waals surface area contributed by atoms with E-state index in [4.69, 9.17) is 26.2 Å². The van der Waals surface area contributed by atoms with E-state index >= 15 is 0 Å². The van der Waals surface area contributed by atoms with E-state index in [0.717, 1.165) is 13.1 Å². The van der Waals surface area contributed by atoms with Crippen LogP contribution in [0.1, 0.15) is 6.42 Å². The van der Waals surface area contributed by atoms with Crippen LogP contribution >= 0.6 is 0 Å². The first-order chi connectivity index (χ1) is 7.89. The Morgan fingerprint density at radius 2 is 1.65 bits per heavy atom. The Hall–Kier alpha value is -0.280. The van der Waals surface area contributed by atoms with Crippen molar-refractivity contribution >= 4 is 0 Å². The Morgan fingerprint density at radius 3 is 2.12 bits per heavy atom. The zero-order valence-electron chi connectivity index (χ0n) is 10.4. The maximum Gasteiger partial charge on any atom is 0.276 e. The molecule has 6 N–H and O–H groups in total. The number of hydrogen-bond donors (Lipinski definition) is 5. The summed E-state index contributed by atoms with van der Waals surface area (Å²) in [6.45, 7) is 3.56. The van der Waals surface area contributed by atoms with Gasteiger partial charge in [0.1, 0.15) is 0 Å². The lowest BCUT2D eigenvalue weighted by Crippen LogP contribution is -2.40. The fourth-order valence-electron chi connectivity index (χ4n) is 1.43. The van der Waals surface area contributed by atoms with Crippen molar-refractivity contribution in [2.75, 3.05) is 52.9 Å². The van der Waals surface area contributed by atoms with Crippen molar-refractivity contribution in [2.24, 2.45) is 5.73 Å². The van der Waals surface area contributed by atoms with E-state index in [1.807, 2.05) is 11.9 Å². The van der Waals surface area contributed by atoms with Gasteiger partial charge >= 0.3 is 0 Å². The summed E-state index contributed by atoms with van der Waals surface area (Å²) in [7, 11) is 1.94. The van der Waals surface area contributed by atoms with E-state index in [0.29, 0.717) is 26.2 Å². The molecule has 0 radical (unpaired) electrons. The molecule has 0 aliphatic carbocycles. The van der Waals surface area contributed by atoms with E-state index < -0.39 is 5.97 Å². The molecule has 0 amide bonds. The molecule has 0 aromatic carbocycles. The topological polar surface area (TPSA) is 113 Å². The molecule has 0 rings (SSSR count). The first-order valence-corrected chi connectivity index (χ1v) is 5.78. The number of nitrogens with zero attached hydrogens (tertiary/aromatic N) is 2. The summed E-state index contributed by atoms with van der Waals surface area (Å²) in [4.78, 5) is 3.90. The monoisotopic (exact) mass is 251 g/mol. The third-order valence-electron chi connectivity index (χ3n) is 2.49. The first kappa shape index (κ1) is 16.7. The molecule has 0 saturated heterocycles. The molecule has 0 aliphatic rings. The van der Waals surface area contributed by atoms with Crippen molar-refractivity contribution in [1.82, 2.24) is 9.80 Å². The molecule has 17 heavy (non-hydrogen) atoms. The van der Waals surface area contributed by atoms with Gasteiger partial charge in [-0.15, -0.1) is 0 Å². The van der Waals surface area contributed by atoms with Crippen LogP contribution in [-0.2, 0) is 0 Å². The van der Waals surface area contributed by atoms with E-state index in [-0.39, 0.29) is 13.0 Å². The maximum absolute atomic E-state index is 8.87. The Bertz CT molecular complexity index is 187. The summed E-state index contributed by atoms with van der Waals surface area (Å²) < 4.78 is 0. The molecule has 7 heteroatoms. The maximum atomic E-state index is 8.87. The average Bonchev–Trinajstić information content (AvgIpc) is 2.21. The molecule has 0 unspecified atom stereocenters. The van der Waals surface area contributed by atoms with Crippen molar-refractivity contribution in [1.29, 1.82) is 0 Å². The Labute approximate surface area is 102 Å². The van der Waals surface area contributed by atoms with Crippen LogP contribution < -0.4 is 5.73 Å². The van der Waals surface area contributed by atoms with Gasteiger partial charge in [0.25, 0.3) is 5.97 Å². The molecule has 0 spiro atoms. The SMILES string of the molecule is CN(CCN)CCN(CCO)CCC(O)(O)O. The normalized spacial score (nSPS) is 12.7. The van der Waals surface area contributed by atoms with Crippen molar-refractivity contribution in [3.05, 3.63) is 0 Å². The van der Waals surface area contributed by atoms with Gasteiger partial charge in [0, 0.05) is 45.7 Å². The predicted molar refractivity (Wildman–Crippen MR) is 64.1 cm³/mol. The van der Waals surface area contributed by atoms with Crippen LogP contribution in [0.2, 0.25) is 0 Å². The summed E-state index contributed by atoms with van der Waals surface area (Å²) in [6, 6.07) is 0. The highest BCUT2D eigenvalue weighted by Gasteiger charge is 2.19. The number of rotatable bonds is 10. The van der Waals surface area contributed by atoms with Crippen LogP contribution in [0.15, 0.2) is 0 Å². The summed E-state index contributed by atoms with van der Waals surface area (Å²) in [5, 5.41) is 35.2. The quantitative estimate of drug-likeness (QED) is 0.266. The van der Waals surface area contributed by atoms with E-state index in [1.54, 1.807) is 0 Å². The fourth-order valence-corrected chi connectivity index (χ4v) is 1.43. The van der Waals surface area contributed by atoms with Crippen LogP contribution in [0, 0.1) is 0 Å². The molecule has 0 saturated carbocycles. The van der Waals surface area contributed by atoms with E-state index in [2.05, 4.69) is 4.90 Å². The number of nitrogens with two attached hydrogens (primary N) is 1. The minimum Gasteiger partial charge on any atom is -0.395 e. The minimum atomic E-state index is -2.64. The molecule has 0 fully saturated rings. The second-order valence-electron chi connectivity index (χ2n) is 4.18. The smallest absolute Gasteiger partial charge is 0.276 e. The number of aliphatic hydroxyl groups excluding tert-OH is 1. The fraction of sp³-hybridized carbons (Fsp3) is 1.00. The summed E-state index contributed by atoms with van der Waals surface area (Å²) in [5.41, 5.74) is 5.42. The van der Waals surface area contributed by atoms with Crippen LogP contribution in [0.3, 0.4) is 0 Å². The first-order valence-electron chi connectivity index (χ1n) is 5.78. The largest absolute Gasteiger partial charge is 0.395 e.